The molecule has 1 rings (SSSR count). The van der Waals surface area contributed by atoms with Crippen LogP contribution in [0.5, 0.6) is 0 Å². The van der Waals surface area contributed by atoms with Gasteiger partial charge in [0.05, 0.1) is 11.3 Å². The minimum absolute atomic E-state index is 0.0423. The van der Waals surface area contributed by atoms with Crippen LogP contribution in [-0.4, -0.2) is 35.6 Å². The fraction of sp³-hybridized carbons (Fsp3) is 0.562. The van der Waals surface area contributed by atoms with Gasteiger partial charge in [0.25, 0.3) is 0 Å². The topological polar surface area (TPSA) is 53.9 Å². The molecular formula is C16H23F3N2O2. The van der Waals surface area contributed by atoms with Crippen LogP contribution >= 0.6 is 0 Å². The Hall–Kier alpha value is -1.60. The van der Waals surface area contributed by atoms with Gasteiger partial charge >= 0.3 is 6.18 Å². The zero-order valence-electron chi connectivity index (χ0n) is 13.7. The third-order valence-electron chi connectivity index (χ3n) is 2.94. The van der Waals surface area contributed by atoms with E-state index in [-0.39, 0.29) is 12.1 Å². The largest absolute Gasteiger partial charge is 0.416 e. The van der Waals surface area contributed by atoms with E-state index in [1.807, 2.05) is 20.8 Å². The van der Waals surface area contributed by atoms with Crippen molar-refractivity contribution in [1.29, 1.82) is 0 Å². The van der Waals surface area contributed by atoms with E-state index in [0.717, 1.165) is 12.1 Å². The Bertz CT molecular complexity index is 537. The molecule has 0 radical (unpaired) electrons. The smallest absolute Gasteiger partial charge is 0.393 e. The van der Waals surface area contributed by atoms with Crippen molar-refractivity contribution in [2.75, 3.05) is 13.2 Å². The predicted molar refractivity (Wildman–Crippen MR) is 83.4 cm³/mol. The maximum Gasteiger partial charge on any atom is 0.416 e. The normalized spacial score (nSPS) is 14.7. The minimum atomic E-state index is -4.40. The van der Waals surface area contributed by atoms with Crippen LogP contribution < -0.4 is 5.32 Å². The van der Waals surface area contributed by atoms with Gasteiger partial charge < -0.3 is 15.3 Å². The number of rotatable bonds is 6. The number of benzene rings is 1. The molecule has 0 fully saturated rings. The van der Waals surface area contributed by atoms with Crippen molar-refractivity contribution in [2.45, 2.75) is 45.5 Å². The number of nitrogens with zero attached hydrogens (tertiary/aromatic N) is 1. The van der Waals surface area contributed by atoms with Crippen molar-refractivity contribution in [1.82, 2.24) is 5.32 Å². The summed E-state index contributed by atoms with van der Waals surface area (Å²) >= 11 is 0. The molecule has 0 spiro atoms. The maximum absolute atomic E-state index is 12.7. The standard InChI is InChI=1S/C16H23F3N2O2/c1-11(12-6-5-7-13(8-12)16(17,18)19)21-23-10-14(22)9-20-15(2,3)4/h5-8,14,20,22H,9-10H2,1-4H3/b21-11-. The van der Waals surface area contributed by atoms with Crippen LogP contribution in [0.3, 0.4) is 0 Å². The number of aliphatic hydroxyl groups is 1. The van der Waals surface area contributed by atoms with Gasteiger partial charge in [-0.1, -0.05) is 17.3 Å². The number of alkyl halides is 3. The second-order valence-corrected chi connectivity index (χ2v) is 6.34. The molecule has 130 valence electrons. The maximum atomic E-state index is 12.7. The van der Waals surface area contributed by atoms with Gasteiger partial charge in [0.1, 0.15) is 12.7 Å². The number of oxime groups is 1. The van der Waals surface area contributed by atoms with Gasteiger partial charge in [-0.05, 0) is 45.4 Å². The summed E-state index contributed by atoms with van der Waals surface area (Å²) in [6.07, 6.45) is -5.15. The summed E-state index contributed by atoms with van der Waals surface area (Å²) in [5.41, 5.74) is -0.230. The molecule has 0 bridgehead atoms. The van der Waals surface area contributed by atoms with E-state index in [1.54, 1.807) is 6.92 Å². The van der Waals surface area contributed by atoms with Crippen molar-refractivity contribution in [3.63, 3.8) is 0 Å². The average Bonchev–Trinajstić information content (AvgIpc) is 2.43. The first-order chi connectivity index (χ1) is 10.5. The Morgan fingerprint density at radius 3 is 2.52 bits per heavy atom. The first-order valence-corrected chi connectivity index (χ1v) is 7.26. The second-order valence-electron chi connectivity index (χ2n) is 6.34. The van der Waals surface area contributed by atoms with Crippen molar-refractivity contribution < 1.29 is 23.1 Å². The lowest BCUT2D eigenvalue weighted by atomic mass is 10.1. The minimum Gasteiger partial charge on any atom is -0.393 e. The van der Waals surface area contributed by atoms with Crippen molar-refractivity contribution in [2.24, 2.45) is 5.16 Å². The molecule has 0 saturated heterocycles. The highest BCUT2D eigenvalue weighted by molar-refractivity contribution is 5.98. The van der Waals surface area contributed by atoms with Gasteiger partial charge in [-0.3, -0.25) is 0 Å². The first kappa shape index (κ1) is 19.4. The molecule has 1 unspecified atom stereocenters. The Labute approximate surface area is 134 Å². The summed E-state index contributed by atoms with van der Waals surface area (Å²) in [6.45, 7) is 7.75. The molecule has 1 aromatic carbocycles. The third-order valence-corrected chi connectivity index (χ3v) is 2.94. The van der Waals surface area contributed by atoms with Crippen LogP contribution in [0.4, 0.5) is 13.2 Å². The van der Waals surface area contributed by atoms with Crippen LogP contribution in [0.15, 0.2) is 29.4 Å². The van der Waals surface area contributed by atoms with E-state index < -0.39 is 17.8 Å². The molecule has 0 aliphatic rings. The highest BCUT2D eigenvalue weighted by Gasteiger charge is 2.30. The number of β-amino-alcohol motifs (C(OH)–C–C–N with tert-alkyl or cyclic N) is 1. The molecule has 2 N–H and O–H groups in total. The fourth-order valence-corrected chi connectivity index (χ4v) is 1.68. The number of aliphatic hydroxyl groups excluding tert-OH is 1. The number of halogens is 3. The summed E-state index contributed by atoms with van der Waals surface area (Å²) in [5.74, 6) is 0. The van der Waals surface area contributed by atoms with Crippen LogP contribution in [0, 0.1) is 0 Å². The molecule has 0 heterocycles. The molecular weight excluding hydrogens is 309 g/mol. The monoisotopic (exact) mass is 332 g/mol. The zero-order chi connectivity index (χ0) is 17.7. The number of hydrogen-bond donors (Lipinski definition) is 2. The van der Waals surface area contributed by atoms with Crippen LogP contribution in [0.2, 0.25) is 0 Å². The van der Waals surface area contributed by atoms with Crippen LogP contribution in [-0.2, 0) is 11.0 Å². The van der Waals surface area contributed by atoms with Crippen LogP contribution in [0.1, 0.15) is 38.8 Å². The van der Waals surface area contributed by atoms with Gasteiger partial charge in [0.2, 0.25) is 0 Å². The second kappa shape index (κ2) is 7.79. The molecule has 1 aromatic rings. The lowest BCUT2D eigenvalue weighted by Crippen LogP contribution is -2.42. The molecule has 0 amide bonds. The van der Waals surface area contributed by atoms with E-state index in [1.165, 1.54) is 12.1 Å². The van der Waals surface area contributed by atoms with Gasteiger partial charge in [0, 0.05) is 12.1 Å². The SMILES string of the molecule is C/C(=N/OCC(O)CNC(C)(C)C)c1cccc(C(F)(F)F)c1. The summed E-state index contributed by atoms with van der Waals surface area (Å²) in [4.78, 5) is 5.02. The van der Waals surface area contributed by atoms with E-state index in [4.69, 9.17) is 4.84 Å². The Balaban J connectivity index is 2.58. The average molecular weight is 332 g/mol. The zero-order valence-corrected chi connectivity index (χ0v) is 13.7. The lowest BCUT2D eigenvalue weighted by molar-refractivity contribution is -0.137. The van der Waals surface area contributed by atoms with Crippen LogP contribution in [0.25, 0.3) is 0 Å². The molecule has 0 aliphatic heterocycles. The molecule has 1 atom stereocenters. The molecule has 0 saturated carbocycles. The van der Waals surface area contributed by atoms with E-state index >= 15 is 0 Å². The Morgan fingerprint density at radius 2 is 1.96 bits per heavy atom. The summed E-state index contributed by atoms with van der Waals surface area (Å²) in [6, 6.07) is 4.85. The lowest BCUT2D eigenvalue weighted by Gasteiger charge is -2.22. The Morgan fingerprint density at radius 1 is 1.30 bits per heavy atom. The Kier molecular flexibility index (Phi) is 6.58. The van der Waals surface area contributed by atoms with E-state index in [2.05, 4.69) is 10.5 Å². The van der Waals surface area contributed by atoms with Gasteiger partial charge in [0.15, 0.2) is 0 Å². The van der Waals surface area contributed by atoms with Gasteiger partial charge in [-0.2, -0.15) is 13.2 Å². The van der Waals surface area contributed by atoms with E-state index in [0.29, 0.717) is 17.8 Å². The fourth-order valence-electron chi connectivity index (χ4n) is 1.68. The summed E-state index contributed by atoms with van der Waals surface area (Å²) < 4.78 is 38.0. The molecule has 0 aliphatic carbocycles. The highest BCUT2D eigenvalue weighted by atomic mass is 19.4. The van der Waals surface area contributed by atoms with Gasteiger partial charge in [-0.15, -0.1) is 0 Å². The van der Waals surface area contributed by atoms with Crippen molar-refractivity contribution in [3.8, 4) is 0 Å². The molecule has 0 aromatic heterocycles. The van der Waals surface area contributed by atoms with Crippen molar-refractivity contribution >= 4 is 5.71 Å². The van der Waals surface area contributed by atoms with Gasteiger partial charge in [-0.25, -0.2) is 0 Å². The summed E-state index contributed by atoms with van der Waals surface area (Å²) in [5, 5.41) is 16.6. The van der Waals surface area contributed by atoms with E-state index in [9.17, 15) is 18.3 Å². The van der Waals surface area contributed by atoms with Crippen molar-refractivity contribution in [3.05, 3.63) is 35.4 Å². The predicted octanol–water partition coefficient (Wildman–Crippen LogP) is 3.20. The number of hydrogen-bond acceptors (Lipinski definition) is 4. The quantitative estimate of drug-likeness (QED) is 0.621. The molecule has 4 nitrogen and oxygen atoms in total. The highest BCUT2D eigenvalue weighted by Crippen LogP contribution is 2.29. The molecule has 7 heteroatoms. The summed E-state index contributed by atoms with van der Waals surface area (Å²) in [7, 11) is 0. The first-order valence-electron chi connectivity index (χ1n) is 7.26. The number of nitrogens with one attached hydrogen (secondary N) is 1. The third kappa shape index (κ3) is 7.47. The molecule has 23 heavy (non-hydrogen) atoms.